The molecule has 0 bridgehead atoms. The predicted octanol–water partition coefficient (Wildman–Crippen LogP) is 4.19. The summed E-state index contributed by atoms with van der Waals surface area (Å²) in [6.07, 6.45) is 0.382. The maximum atomic E-state index is 12.3. The zero-order valence-corrected chi connectivity index (χ0v) is 12.5. The van der Waals surface area contributed by atoms with Gasteiger partial charge in [-0.25, -0.2) is 0 Å². The van der Waals surface area contributed by atoms with Crippen LogP contribution in [0.3, 0.4) is 0 Å². The summed E-state index contributed by atoms with van der Waals surface area (Å²) in [7, 11) is 1.59. The fourth-order valence-corrected chi connectivity index (χ4v) is 2.18. The highest BCUT2D eigenvalue weighted by Crippen LogP contribution is 2.22. The van der Waals surface area contributed by atoms with Gasteiger partial charge in [-0.05, 0) is 42.3 Å². The van der Waals surface area contributed by atoms with Gasteiger partial charge in [0.2, 0.25) is 0 Å². The van der Waals surface area contributed by atoms with Crippen LogP contribution in [0.25, 0.3) is 0 Å². The molecule has 0 aliphatic carbocycles. The number of aryl methyl sites for hydroxylation is 1. The molecule has 0 saturated heterocycles. The molecule has 2 aromatic rings. The van der Waals surface area contributed by atoms with Gasteiger partial charge in [-0.15, -0.1) is 0 Å². The van der Waals surface area contributed by atoms with Crippen LogP contribution < -0.4 is 4.74 Å². The van der Waals surface area contributed by atoms with E-state index >= 15 is 0 Å². The topological polar surface area (TPSA) is 26.3 Å². The fourth-order valence-electron chi connectivity index (χ4n) is 1.91. The molecule has 0 aromatic heterocycles. The maximum absolute atomic E-state index is 12.3. The first-order chi connectivity index (χ1) is 9.10. The third kappa shape index (κ3) is 3.44. The van der Waals surface area contributed by atoms with E-state index in [1.54, 1.807) is 7.11 Å². The number of ether oxygens (including phenoxy) is 1. The minimum atomic E-state index is 0.0687. The monoisotopic (exact) mass is 318 g/mol. The molecule has 0 radical (unpaired) electrons. The van der Waals surface area contributed by atoms with Crippen molar-refractivity contribution in [3.63, 3.8) is 0 Å². The minimum absolute atomic E-state index is 0.0687. The number of halogens is 1. The summed E-state index contributed by atoms with van der Waals surface area (Å²) < 4.78 is 6.29. The van der Waals surface area contributed by atoms with Crippen molar-refractivity contribution < 1.29 is 9.53 Å². The van der Waals surface area contributed by atoms with Crippen molar-refractivity contribution in [3.8, 4) is 5.75 Å². The van der Waals surface area contributed by atoms with Gasteiger partial charge in [-0.3, -0.25) is 4.79 Å². The van der Waals surface area contributed by atoms with Crippen LogP contribution in [-0.2, 0) is 6.42 Å². The standard InChI is InChI=1S/C16H15BrO2/c1-11-3-8-14(16(9-11)19-2)15(18)10-12-4-6-13(17)7-5-12/h3-9H,10H2,1-2H3. The second-order valence-corrected chi connectivity index (χ2v) is 5.35. The van der Waals surface area contributed by atoms with E-state index in [4.69, 9.17) is 4.74 Å². The van der Waals surface area contributed by atoms with E-state index in [1.165, 1.54) is 0 Å². The summed E-state index contributed by atoms with van der Waals surface area (Å²) in [6.45, 7) is 1.98. The van der Waals surface area contributed by atoms with Gasteiger partial charge in [0.15, 0.2) is 5.78 Å². The smallest absolute Gasteiger partial charge is 0.170 e. The average Bonchev–Trinajstić information content (AvgIpc) is 2.41. The Balaban J connectivity index is 2.22. The number of hydrogen-bond donors (Lipinski definition) is 0. The molecule has 3 heteroatoms. The molecule has 0 aliphatic rings. The number of Topliss-reactive ketones (excluding diaryl/α,β-unsaturated/α-hetero) is 1. The lowest BCUT2D eigenvalue weighted by atomic mass is 10.0. The molecule has 0 aliphatic heterocycles. The molecule has 0 heterocycles. The minimum Gasteiger partial charge on any atom is -0.496 e. The Bertz CT molecular complexity index is 588. The van der Waals surface area contributed by atoms with Crippen LogP contribution in [-0.4, -0.2) is 12.9 Å². The number of benzene rings is 2. The van der Waals surface area contributed by atoms with Gasteiger partial charge in [0.05, 0.1) is 12.7 Å². The van der Waals surface area contributed by atoms with Gasteiger partial charge < -0.3 is 4.74 Å². The zero-order chi connectivity index (χ0) is 13.8. The Morgan fingerprint density at radius 2 is 1.84 bits per heavy atom. The molecule has 0 atom stereocenters. The highest BCUT2D eigenvalue weighted by molar-refractivity contribution is 9.10. The molecular weight excluding hydrogens is 304 g/mol. The number of hydrogen-bond acceptors (Lipinski definition) is 2. The van der Waals surface area contributed by atoms with Gasteiger partial charge in [-0.2, -0.15) is 0 Å². The van der Waals surface area contributed by atoms with Crippen LogP contribution in [0.1, 0.15) is 21.5 Å². The van der Waals surface area contributed by atoms with Crippen molar-refractivity contribution in [2.75, 3.05) is 7.11 Å². The van der Waals surface area contributed by atoms with E-state index in [0.29, 0.717) is 17.7 Å². The molecule has 2 aromatic carbocycles. The predicted molar refractivity (Wildman–Crippen MR) is 79.9 cm³/mol. The van der Waals surface area contributed by atoms with Crippen molar-refractivity contribution in [3.05, 3.63) is 63.6 Å². The number of carbonyl (C=O) groups is 1. The van der Waals surface area contributed by atoms with Crippen LogP contribution in [0.2, 0.25) is 0 Å². The summed E-state index contributed by atoms with van der Waals surface area (Å²) in [5.74, 6) is 0.710. The third-order valence-corrected chi connectivity index (χ3v) is 3.46. The van der Waals surface area contributed by atoms with E-state index in [1.807, 2.05) is 49.4 Å². The third-order valence-electron chi connectivity index (χ3n) is 2.94. The number of rotatable bonds is 4. The molecule has 0 saturated carbocycles. The van der Waals surface area contributed by atoms with Gasteiger partial charge in [0.1, 0.15) is 5.75 Å². The normalized spacial score (nSPS) is 10.3. The van der Waals surface area contributed by atoms with E-state index in [-0.39, 0.29) is 5.78 Å². The Labute approximate surface area is 121 Å². The Hall–Kier alpha value is -1.61. The van der Waals surface area contributed by atoms with Crippen LogP contribution in [0.5, 0.6) is 5.75 Å². The summed E-state index contributed by atoms with van der Waals surface area (Å²) in [5, 5.41) is 0. The molecule has 0 fully saturated rings. The second-order valence-electron chi connectivity index (χ2n) is 4.43. The maximum Gasteiger partial charge on any atom is 0.170 e. The summed E-state index contributed by atoms with van der Waals surface area (Å²) in [4.78, 5) is 12.3. The zero-order valence-electron chi connectivity index (χ0n) is 10.9. The molecular formula is C16H15BrO2. The van der Waals surface area contributed by atoms with Crippen molar-refractivity contribution >= 4 is 21.7 Å². The van der Waals surface area contributed by atoms with E-state index in [9.17, 15) is 4.79 Å². The first-order valence-electron chi connectivity index (χ1n) is 6.02. The Morgan fingerprint density at radius 3 is 2.47 bits per heavy atom. The highest BCUT2D eigenvalue weighted by atomic mass is 79.9. The van der Waals surface area contributed by atoms with E-state index in [2.05, 4.69) is 15.9 Å². The van der Waals surface area contributed by atoms with Gasteiger partial charge in [0.25, 0.3) is 0 Å². The van der Waals surface area contributed by atoms with Crippen LogP contribution in [0.4, 0.5) is 0 Å². The molecule has 98 valence electrons. The number of methoxy groups -OCH3 is 1. The largest absolute Gasteiger partial charge is 0.496 e. The number of ketones is 1. The lowest BCUT2D eigenvalue weighted by molar-refractivity contribution is 0.0990. The van der Waals surface area contributed by atoms with Crippen molar-refractivity contribution in [2.24, 2.45) is 0 Å². The summed E-state index contributed by atoms with van der Waals surface area (Å²) >= 11 is 3.38. The highest BCUT2D eigenvalue weighted by Gasteiger charge is 2.12. The molecule has 0 N–H and O–H groups in total. The summed E-state index contributed by atoms with van der Waals surface area (Å²) in [5.41, 5.74) is 2.71. The van der Waals surface area contributed by atoms with Gasteiger partial charge in [-0.1, -0.05) is 34.1 Å². The molecule has 0 amide bonds. The second kappa shape index (κ2) is 6.02. The van der Waals surface area contributed by atoms with Crippen molar-refractivity contribution in [1.82, 2.24) is 0 Å². The quantitative estimate of drug-likeness (QED) is 0.790. The van der Waals surface area contributed by atoms with Gasteiger partial charge in [0, 0.05) is 10.9 Å². The first-order valence-corrected chi connectivity index (χ1v) is 6.81. The van der Waals surface area contributed by atoms with Crippen LogP contribution in [0.15, 0.2) is 46.9 Å². The van der Waals surface area contributed by atoms with Crippen molar-refractivity contribution in [1.29, 1.82) is 0 Å². The molecule has 0 spiro atoms. The Kier molecular flexibility index (Phi) is 4.38. The average molecular weight is 319 g/mol. The lowest BCUT2D eigenvalue weighted by Crippen LogP contribution is -2.06. The fraction of sp³-hybridized carbons (Fsp3) is 0.188. The Morgan fingerprint density at radius 1 is 1.16 bits per heavy atom. The van der Waals surface area contributed by atoms with Crippen LogP contribution >= 0.6 is 15.9 Å². The van der Waals surface area contributed by atoms with Gasteiger partial charge >= 0.3 is 0 Å². The lowest BCUT2D eigenvalue weighted by Gasteiger charge is -2.08. The van der Waals surface area contributed by atoms with E-state index in [0.717, 1.165) is 15.6 Å². The molecule has 2 nitrogen and oxygen atoms in total. The van der Waals surface area contributed by atoms with Crippen molar-refractivity contribution in [2.45, 2.75) is 13.3 Å². The first kappa shape index (κ1) is 13.8. The molecule has 2 rings (SSSR count). The number of carbonyl (C=O) groups excluding carboxylic acids is 1. The van der Waals surface area contributed by atoms with E-state index < -0.39 is 0 Å². The van der Waals surface area contributed by atoms with Crippen LogP contribution in [0, 0.1) is 6.92 Å². The SMILES string of the molecule is COc1cc(C)ccc1C(=O)Cc1ccc(Br)cc1. The molecule has 19 heavy (non-hydrogen) atoms. The summed E-state index contributed by atoms with van der Waals surface area (Å²) in [6, 6.07) is 13.4. The molecule has 0 unspecified atom stereocenters.